The molecule has 1 aliphatic rings. The molecule has 2 N–H and O–H groups in total. The Kier molecular flexibility index (Phi) is 8.42. The Hall–Kier alpha value is -3.43. The highest BCUT2D eigenvalue weighted by Gasteiger charge is 2.34. The quantitative estimate of drug-likeness (QED) is 0.162. The first kappa shape index (κ1) is 28.1. The van der Waals surface area contributed by atoms with Crippen LogP contribution in [-0.4, -0.2) is 27.1 Å². The van der Waals surface area contributed by atoms with Gasteiger partial charge in [0.15, 0.2) is 5.16 Å². The molecule has 2 heterocycles. The van der Waals surface area contributed by atoms with Gasteiger partial charge < -0.3 is 0 Å². The Labute approximate surface area is 242 Å². The van der Waals surface area contributed by atoms with Crippen molar-refractivity contribution in [1.82, 2.24) is 20.4 Å². The first-order chi connectivity index (χ1) is 19.3. The Bertz CT molecular complexity index is 1580. The first-order valence-electron chi connectivity index (χ1n) is 13.6. The highest BCUT2D eigenvalue weighted by atomic mass is 32.2. The van der Waals surface area contributed by atoms with Crippen LogP contribution in [-0.2, 0) is 24.2 Å². The van der Waals surface area contributed by atoms with Crippen molar-refractivity contribution < 1.29 is 9.59 Å². The molecule has 0 bridgehead atoms. The van der Waals surface area contributed by atoms with Crippen molar-refractivity contribution in [3.63, 3.8) is 0 Å². The molecular weight excluding hydrogens is 541 g/mol. The number of amides is 2. The second-order valence-corrected chi connectivity index (χ2v) is 12.9. The number of hydrazine groups is 1. The van der Waals surface area contributed by atoms with Gasteiger partial charge in [-0.05, 0) is 53.9 Å². The van der Waals surface area contributed by atoms with E-state index in [1.807, 2.05) is 36.4 Å². The number of aromatic nitrogens is 2. The van der Waals surface area contributed by atoms with E-state index in [9.17, 15) is 14.4 Å². The predicted molar refractivity (Wildman–Crippen MR) is 162 cm³/mol. The third kappa shape index (κ3) is 6.00. The van der Waals surface area contributed by atoms with Gasteiger partial charge in [-0.25, -0.2) is 4.98 Å². The normalized spacial score (nSPS) is 15.0. The lowest BCUT2D eigenvalue weighted by Crippen LogP contribution is -2.42. The molecule has 1 aliphatic carbocycles. The highest BCUT2D eigenvalue weighted by molar-refractivity contribution is 7.99. The number of aryl methyl sites for hydroxylation is 1. The van der Waals surface area contributed by atoms with Gasteiger partial charge in [-0.3, -0.25) is 29.8 Å². The summed E-state index contributed by atoms with van der Waals surface area (Å²) in [4.78, 5) is 45.9. The summed E-state index contributed by atoms with van der Waals surface area (Å²) in [5, 5.41) is 1.22. The second kappa shape index (κ2) is 12.0. The molecule has 0 saturated carbocycles. The fourth-order valence-electron chi connectivity index (χ4n) is 5.17. The predicted octanol–water partition coefficient (Wildman–Crippen LogP) is 5.60. The van der Waals surface area contributed by atoms with Crippen molar-refractivity contribution >= 4 is 45.1 Å². The van der Waals surface area contributed by atoms with Gasteiger partial charge >= 0.3 is 0 Å². The van der Waals surface area contributed by atoms with Crippen LogP contribution < -0.4 is 16.4 Å². The summed E-state index contributed by atoms with van der Waals surface area (Å²) in [5.74, 6) is -0.203. The van der Waals surface area contributed by atoms with Crippen molar-refractivity contribution in [2.75, 3.05) is 5.75 Å². The zero-order valence-electron chi connectivity index (χ0n) is 23.0. The minimum Gasteiger partial charge on any atom is -0.283 e. The van der Waals surface area contributed by atoms with E-state index in [0.717, 1.165) is 47.0 Å². The molecule has 1 atom stereocenters. The highest BCUT2D eigenvalue weighted by Crippen LogP contribution is 2.44. The number of nitrogens with one attached hydrogen (secondary N) is 2. The third-order valence-electron chi connectivity index (χ3n) is 8.02. The van der Waals surface area contributed by atoms with Crippen LogP contribution in [0.25, 0.3) is 10.2 Å². The smallest absolute Gasteiger partial charge is 0.269 e. The van der Waals surface area contributed by atoms with E-state index < -0.39 is 5.91 Å². The molecule has 7 nitrogen and oxygen atoms in total. The molecule has 40 heavy (non-hydrogen) atoms. The molecule has 4 aromatic rings. The molecule has 5 rings (SSSR count). The van der Waals surface area contributed by atoms with Crippen LogP contribution in [0, 0.1) is 11.3 Å². The van der Waals surface area contributed by atoms with Crippen molar-refractivity contribution in [2.45, 2.75) is 58.2 Å². The molecule has 208 valence electrons. The molecule has 9 heteroatoms. The zero-order valence-corrected chi connectivity index (χ0v) is 24.7. The van der Waals surface area contributed by atoms with Crippen molar-refractivity contribution in [3.8, 4) is 0 Å². The molecule has 0 radical (unpaired) electrons. The number of fused-ring (bicyclic) bond motifs is 3. The van der Waals surface area contributed by atoms with Gasteiger partial charge in [0, 0.05) is 10.4 Å². The largest absolute Gasteiger partial charge is 0.283 e. The van der Waals surface area contributed by atoms with Gasteiger partial charge in [-0.2, -0.15) is 0 Å². The van der Waals surface area contributed by atoms with Crippen molar-refractivity contribution in [3.05, 3.63) is 92.6 Å². The average Bonchev–Trinajstić information content (AvgIpc) is 3.35. The van der Waals surface area contributed by atoms with E-state index in [1.54, 1.807) is 40.2 Å². The Morgan fingerprint density at radius 3 is 2.48 bits per heavy atom. The topological polar surface area (TPSA) is 93.1 Å². The Morgan fingerprint density at radius 1 is 1.07 bits per heavy atom. The van der Waals surface area contributed by atoms with Crippen LogP contribution in [0.15, 0.2) is 70.6 Å². The summed E-state index contributed by atoms with van der Waals surface area (Å²) < 4.78 is 1.69. The lowest BCUT2D eigenvalue weighted by Gasteiger charge is -2.36. The maximum absolute atomic E-state index is 14.0. The van der Waals surface area contributed by atoms with Gasteiger partial charge in [0.2, 0.25) is 5.91 Å². The number of thiophene rings is 1. The molecule has 0 unspecified atom stereocenters. The van der Waals surface area contributed by atoms with Gasteiger partial charge in [0.05, 0.1) is 17.7 Å². The van der Waals surface area contributed by atoms with Crippen LogP contribution >= 0.6 is 23.1 Å². The number of carbonyl (C=O) groups is 2. The van der Waals surface area contributed by atoms with E-state index in [2.05, 4.69) is 31.6 Å². The first-order valence-corrected chi connectivity index (χ1v) is 15.4. The van der Waals surface area contributed by atoms with Crippen LogP contribution in [0.3, 0.4) is 0 Å². The number of carbonyl (C=O) groups excluding carboxylic acids is 2. The summed E-state index contributed by atoms with van der Waals surface area (Å²) >= 11 is 2.82. The monoisotopic (exact) mass is 574 g/mol. The van der Waals surface area contributed by atoms with Gasteiger partial charge in [-0.15, -0.1) is 11.3 Å². The lowest BCUT2D eigenvalue weighted by molar-refractivity contribution is -0.119. The van der Waals surface area contributed by atoms with E-state index in [1.165, 1.54) is 16.6 Å². The molecule has 2 aromatic carbocycles. The molecule has 0 saturated heterocycles. The summed E-state index contributed by atoms with van der Waals surface area (Å²) in [7, 11) is 0. The lowest BCUT2D eigenvalue weighted by atomic mass is 9.70. The fraction of sp³-hybridized carbons (Fsp3) is 0.355. The number of hydrogen-bond acceptors (Lipinski definition) is 6. The van der Waals surface area contributed by atoms with E-state index in [0.29, 0.717) is 23.2 Å². The average molecular weight is 575 g/mol. The second-order valence-electron chi connectivity index (χ2n) is 10.9. The zero-order chi connectivity index (χ0) is 28.3. The Morgan fingerprint density at radius 2 is 1.77 bits per heavy atom. The minimum absolute atomic E-state index is 0.000338. The molecule has 0 spiro atoms. The van der Waals surface area contributed by atoms with E-state index >= 15 is 0 Å². The minimum atomic E-state index is -0.395. The van der Waals surface area contributed by atoms with E-state index in [-0.39, 0.29) is 22.6 Å². The molecule has 2 aromatic heterocycles. The number of rotatable bonds is 8. The van der Waals surface area contributed by atoms with Gasteiger partial charge in [0.25, 0.3) is 11.5 Å². The van der Waals surface area contributed by atoms with Crippen LogP contribution in [0.5, 0.6) is 0 Å². The number of nitrogens with zero attached hydrogens (tertiary/aromatic N) is 2. The molecule has 2 amide bonds. The SMILES string of the molecule is CCC(C)(C)[C@@H]1CCc2c(sc3nc(SCC(=O)NNC(=O)c4ccccc4)n(Cc4ccccc4)c(=O)c23)C1. The summed E-state index contributed by atoms with van der Waals surface area (Å²) in [6.45, 7) is 7.29. The summed E-state index contributed by atoms with van der Waals surface area (Å²) in [6, 6.07) is 18.5. The molecule has 0 aliphatic heterocycles. The van der Waals surface area contributed by atoms with E-state index in [4.69, 9.17) is 4.98 Å². The fourth-order valence-corrected chi connectivity index (χ4v) is 7.30. The maximum atomic E-state index is 14.0. The van der Waals surface area contributed by atoms with Crippen LogP contribution in [0.1, 0.15) is 60.0 Å². The van der Waals surface area contributed by atoms with Crippen molar-refractivity contribution in [1.29, 1.82) is 0 Å². The number of benzene rings is 2. The standard InChI is InChI=1S/C31H34N4O3S2/c1-4-31(2,3)22-15-16-23-24(17-22)40-28-26(23)29(38)35(18-20-11-7-5-8-12-20)30(32-28)39-19-25(36)33-34-27(37)21-13-9-6-10-14-21/h5-14,22H,4,15-19H2,1-3H3,(H,33,36)(H,34,37)/t22-/m1/s1. The molecular formula is C31H34N4O3S2. The Balaban J connectivity index is 1.40. The van der Waals surface area contributed by atoms with Gasteiger partial charge in [-0.1, -0.05) is 87.5 Å². The van der Waals surface area contributed by atoms with Gasteiger partial charge in [0.1, 0.15) is 4.83 Å². The third-order valence-corrected chi connectivity index (χ3v) is 10.1. The number of thioether (sulfide) groups is 1. The van der Waals surface area contributed by atoms with Crippen LogP contribution in [0.4, 0.5) is 0 Å². The summed E-state index contributed by atoms with van der Waals surface area (Å²) in [5.41, 5.74) is 7.69. The van der Waals surface area contributed by atoms with Crippen LogP contribution in [0.2, 0.25) is 0 Å². The molecule has 0 fully saturated rings. The maximum Gasteiger partial charge on any atom is 0.269 e. The number of hydrogen-bond donors (Lipinski definition) is 2. The summed E-state index contributed by atoms with van der Waals surface area (Å²) in [6.07, 6.45) is 4.06. The van der Waals surface area contributed by atoms with Crippen molar-refractivity contribution in [2.24, 2.45) is 11.3 Å².